The maximum absolute atomic E-state index is 12.9. The molecule has 1 heterocycles. The van der Waals surface area contributed by atoms with Crippen molar-refractivity contribution in [3.63, 3.8) is 0 Å². The zero-order chi connectivity index (χ0) is 10.2. The summed E-state index contributed by atoms with van der Waals surface area (Å²) in [5.74, 6) is -6.12. The van der Waals surface area contributed by atoms with Gasteiger partial charge in [0, 0.05) is 7.05 Å². The summed E-state index contributed by atoms with van der Waals surface area (Å²) in [6, 6.07) is 0. The molecule has 0 amide bonds. The average molecular weight is 255 g/mol. The smallest absolute Gasteiger partial charge is 0.385 e. The molecule has 0 radical (unpaired) electrons. The molecule has 0 aliphatic heterocycles. The van der Waals surface area contributed by atoms with Gasteiger partial charge in [-0.05, 0) is 15.9 Å². The molecule has 7 heteroatoms. The number of carbonyl (C=O) groups is 1. The maximum Gasteiger partial charge on any atom is 0.385 e. The van der Waals surface area contributed by atoms with E-state index in [0.29, 0.717) is 0 Å². The highest BCUT2D eigenvalue weighted by Gasteiger charge is 2.45. The van der Waals surface area contributed by atoms with Crippen LogP contribution in [0.25, 0.3) is 0 Å². The molecule has 0 atom stereocenters. The number of aromatic nitrogens is 2. The summed E-state index contributed by atoms with van der Waals surface area (Å²) in [7, 11) is 1.25. The molecule has 1 rings (SSSR count). The predicted octanol–water partition coefficient (Wildman–Crippen LogP) is 1.36. The third-order valence-electron chi connectivity index (χ3n) is 1.46. The first kappa shape index (κ1) is 10.1. The molecular weight excluding hydrogens is 250 g/mol. The van der Waals surface area contributed by atoms with Crippen molar-refractivity contribution in [1.82, 2.24) is 9.78 Å². The zero-order valence-corrected chi connectivity index (χ0v) is 8.05. The molecular formula is C6H5BrF2N2O2. The van der Waals surface area contributed by atoms with Crippen LogP contribution in [-0.4, -0.2) is 20.9 Å². The number of nitrogens with zero attached hydrogens (tertiary/aromatic N) is 2. The van der Waals surface area contributed by atoms with Gasteiger partial charge in [0.15, 0.2) is 0 Å². The second-order valence-corrected chi connectivity index (χ2v) is 3.20. The van der Waals surface area contributed by atoms with E-state index in [4.69, 9.17) is 5.11 Å². The second kappa shape index (κ2) is 3.06. The minimum absolute atomic E-state index is 0.0256. The maximum atomic E-state index is 12.9. The predicted molar refractivity (Wildman–Crippen MR) is 42.4 cm³/mol. The van der Waals surface area contributed by atoms with Gasteiger partial charge in [0.05, 0.1) is 10.7 Å². The molecule has 0 spiro atoms. The van der Waals surface area contributed by atoms with Crippen LogP contribution in [0.15, 0.2) is 10.7 Å². The molecule has 0 fully saturated rings. The summed E-state index contributed by atoms with van der Waals surface area (Å²) in [4.78, 5) is 10.2. The highest BCUT2D eigenvalue weighted by Crippen LogP contribution is 2.33. The molecule has 0 saturated carbocycles. The number of carboxylic acid groups (broad SMARTS) is 1. The van der Waals surface area contributed by atoms with E-state index in [1.54, 1.807) is 0 Å². The Labute approximate surface area is 80.3 Å². The highest BCUT2D eigenvalue weighted by molar-refractivity contribution is 9.10. The molecule has 1 aromatic rings. The molecule has 0 aliphatic carbocycles. The van der Waals surface area contributed by atoms with Gasteiger partial charge in [-0.25, -0.2) is 4.79 Å². The summed E-state index contributed by atoms with van der Waals surface area (Å²) in [5, 5.41) is 11.7. The van der Waals surface area contributed by atoms with Crippen molar-refractivity contribution in [1.29, 1.82) is 0 Å². The van der Waals surface area contributed by atoms with Crippen LogP contribution in [0.2, 0.25) is 0 Å². The average Bonchev–Trinajstić information content (AvgIpc) is 2.30. The minimum atomic E-state index is -3.93. The van der Waals surface area contributed by atoms with Gasteiger partial charge in [-0.2, -0.15) is 13.9 Å². The molecule has 72 valence electrons. The van der Waals surface area contributed by atoms with Gasteiger partial charge >= 0.3 is 11.9 Å². The molecule has 1 N–H and O–H groups in total. The van der Waals surface area contributed by atoms with Gasteiger partial charge < -0.3 is 5.11 Å². The minimum Gasteiger partial charge on any atom is -0.476 e. The SMILES string of the molecule is Cn1ncc(Br)c1C(F)(F)C(=O)O. The van der Waals surface area contributed by atoms with E-state index in [-0.39, 0.29) is 4.47 Å². The Kier molecular flexibility index (Phi) is 2.38. The Morgan fingerprint density at radius 2 is 2.31 bits per heavy atom. The van der Waals surface area contributed by atoms with Crippen molar-refractivity contribution >= 4 is 21.9 Å². The monoisotopic (exact) mass is 254 g/mol. The van der Waals surface area contributed by atoms with Gasteiger partial charge in [-0.3, -0.25) is 4.68 Å². The Morgan fingerprint density at radius 1 is 1.77 bits per heavy atom. The molecule has 0 bridgehead atoms. The fraction of sp³-hybridized carbons (Fsp3) is 0.333. The third-order valence-corrected chi connectivity index (χ3v) is 2.04. The van der Waals surface area contributed by atoms with Gasteiger partial charge in [-0.15, -0.1) is 0 Å². The summed E-state index contributed by atoms with van der Waals surface area (Å²) in [5.41, 5.74) is -0.667. The largest absolute Gasteiger partial charge is 0.476 e. The van der Waals surface area contributed by atoms with E-state index in [1.165, 1.54) is 7.05 Å². The molecule has 0 unspecified atom stereocenters. The standard InChI is InChI=1S/C6H5BrF2N2O2/c1-11-4(3(7)2-10-11)6(8,9)5(12)13/h2H,1H3,(H,12,13). The van der Waals surface area contributed by atoms with Crippen LogP contribution in [0.5, 0.6) is 0 Å². The number of carboxylic acids is 1. The second-order valence-electron chi connectivity index (χ2n) is 2.34. The lowest BCUT2D eigenvalue weighted by Crippen LogP contribution is -2.28. The number of rotatable bonds is 2. The Balaban J connectivity index is 3.28. The van der Waals surface area contributed by atoms with Crippen LogP contribution in [0.3, 0.4) is 0 Å². The van der Waals surface area contributed by atoms with Crippen LogP contribution in [0.4, 0.5) is 8.78 Å². The number of halogens is 3. The zero-order valence-electron chi connectivity index (χ0n) is 6.46. The van der Waals surface area contributed by atoms with Crippen molar-refractivity contribution in [2.45, 2.75) is 5.92 Å². The normalized spacial score (nSPS) is 11.7. The Hall–Kier alpha value is -0.980. The van der Waals surface area contributed by atoms with E-state index in [0.717, 1.165) is 10.9 Å². The lowest BCUT2D eigenvalue weighted by molar-refractivity contribution is -0.167. The van der Waals surface area contributed by atoms with Gasteiger partial charge in [0.2, 0.25) is 0 Å². The van der Waals surface area contributed by atoms with E-state index < -0.39 is 17.6 Å². The number of aliphatic carboxylic acids is 1. The third kappa shape index (κ3) is 1.55. The lowest BCUT2D eigenvalue weighted by atomic mass is 10.2. The van der Waals surface area contributed by atoms with Gasteiger partial charge in [-0.1, -0.05) is 0 Å². The van der Waals surface area contributed by atoms with Crippen LogP contribution >= 0.6 is 15.9 Å². The van der Waals surface area contributed by atoms with Gasteiger partial charge in [0.25, 0.3) is 0 Å². The van der Waals surface area contributed by atoms with Crippen molar-refractivity contribution in [3.8, 4) is 0 Å². The summed E-state index contributed by atoms with van der Waals surface area (Å²) < 4.78 is 26.7. The Morgan fingerprint density at radius 3 is 2.62 bits per heavy atom. The molecule has 0 aliphatic rings. The van der Waals surface area contributed by atoms with E-state index in [1.807, 2.05) is 0 Å². The van der Waals surface area contributed by atoms with E-state index in [2.05, 4.69) is 21.0 Å². The summed E-state index contributed by atoms with van der Waals surface area (Å²) >= 11 is 2.79. The highest BCUT2D eigenvalue weighted by atomic mass is 79.9. The molecule has 13 heavy (non-hydrogen) atoms. The summed E-state index contributed by atoms with van der Waals surface area (Å²) in [6.07, 6.45) is 1.12. The Bertz CT molecular complexity index is 331. The number of alkyl halides is 2. The van der Waals surface area contributed by atoms with Crippen molar-refractivity contribution in [2.24, 2.45) is 7.05 Å². The lowest BCUT2D eigenvalue weighted by Gasteiger charge is -2.11. The van der Waals surface area contributed by atoms with E-state index >= 15 is 0 Å². The number of aryl methyl sites for hydroxylation is 1. The number of hydrogen-bond donors (Lipinski definition) is 1. The van der Waals surface area contributed by atoms with E-state index in [9.17, 15) is 13.6 Å². The molecule has 1 aromatic heterocycles. The fourth-order valence-electron chi connectivity index (χ4n) is 0.865. The topological polar surface area (TPSA) is 55.1 Å². The molecule has 0 saturated heterocycles. The van der Waals surface area contributed by atoms with Crippen molar-refractivity contribution in [2.75, 3.05) is 0 Å². The van der Waals surface area contributed by atoms with Crippen LogP contribution in [0.1, 0.15) is 5.69 Å². The first-order valence-corrected chi connectivity index (χ1v) is 3.96. The molecule has 4 nitrogen and oxygen atoms in total. The summed E-state index contributed by atoms with van der Waals surface area (Å²) in [6.45, 7) is 0. The van der Waals surface area contributed by atoms with Gasteiger partial charge in [0.1, 0.15) is 5.69 Å². The van der Waals surface area contributed by atoms with Crippen molar-refractivity contribution in [3.05, 3.63) is 16.4 Å². The quantitative estimate of drug-likeness (QED) is 0.867. The molecule has 0 aromatic carbocycles. The number of hydrogen-bond acceptors (Lipinski definition) is 2. The van der Waals surface area contributed by atoms with Crippen LogP contribution in [0, 0.1) is 0 Å². The van der Waals surface area contributed by atoms with Crippen LogP contribution in [-0.2, 0) is 17.8 Å². The first-order chi connectivity index (χ1) is 5.87. The first-order valence-electron chi connectivity index (χ1n) is 3.16. The van der Waals surface area contributed by atoms with Crippen LogP contribution < -0.4 is 0 Å². The van der Waals surface area contributed by atoms with Crippen molar-refractivity contribution < 1.29 is 18.7 Å². The fourth-order valence-corrected chi connectivity index (χ4v) is 1.46.